The lowest BCUT2D eigenvalue weighted by Crippen LogP contribution is -2.31. The number of carbonyl (C=O) groups excluding carboxylic acids is 3. The van der Waals surface area contributed by atoms with Crippen molar-refractivity contribution in [3.05, 3.63) is 74.2 Å². The fourth-order valence-electron chi connectivity index (χ4n) is 3.28. The molecule has 0 radical (unpaired) electrons. The van der Waals surface area contributed by atoms with Crippen LogP contribution in [-0.4, -0.2) is 30.6 Å². The lowest BCUT2D eigenvalue weighted by molar-refractivity contribution is -0.121. The van der Waals surface area contributed by atoms with Gasteiger partial charge in [-0.05, 0) is 48.4 Å². The van der Waals surface area contributed by atoms with E-state index in [1.54, 1.807) is 30.3 Å². The molecule has 1 heterocycles. The minimum absolute atomic E-state index is 0.0320. The van der Waals surface area contributed by atoms with E-state index in [9.17, 15) is 19.6 Å². The molecule has 0 fully saturated rings. The zero-order chi connectivity index (χ0) is 23.3. The third kappa shape index (κ3) is 5.58. The monoisotopic (exact) mass is 513 g/mol. The molecule has 0 spiro atoms. The summed E-state index contributed by atoms with van der Waals surface area (Å²) in [7, 11) is 1.30. The van der Waals surface area contributed by atoms with E-state index in [4.69, 9.17) is 4.74 Å². The van der Waals surface area contributed by atoms with Gasteiger partial charge >= 0.3 is 5.97 Å². The van der Waals surface area contributed by atoms with Crippen molar-refractivity contribution in [1.29, 1.82) is 5.26 Å². The Morgan fingerprint density at radius 2 is 2.00 bits per heavy atom. The Balaban J connectivity index is 1.76. The van der Waals surface area contributed by atoms with Gasteiger partial charge in [-0.1, -0.05) is 39.8 Å². The number of anilines is 1. The van der Waals surface area contributed by atoms with Gasteiger partial charge < -0.3 is 15.4 Å². The minimum atomic E-state index is -0.461. The number of methoxy groups -OCH3 is 1. The van der Waals surface area contributed by atoms with Crippen LogP contribution in [0.15, 0.2) is 57.5 Å². The number of ether oxygens (including phenoxy) is 1. The van der Waals surface area contributed by atoms with Crippen LogP contribution in [0.2, 0.25) is 0 Å². The molecule has 2 N–H and O–H groups in total. The van der Waals surface area contributed by atoms with Crippen LogP contribution in [0.1, 0.15) is 33.8 Å². The molecule has 7 nitrogen and oxygen atoms in total. The van der Waals surface area contributed by atoms with Crippen molar-refractivity contribution in [2.24, 2.45) is 0 Å². The summed E-state index contributed by atoms with van der Waals surface area (Å²) >= 11 is 4.50. The van der Waals surface area contributed by atoms with Crippen LogP contribution in [-0.2, 0) is 14.3 Å². The number of aryl methyl sites for hydroxylation is 1. The highest BCUT2D eigenvalue weighted by Gasteiger charge is 2.30. The third-order valence-corrected chi connectivity index (χ3v) is 6.41. The fourth-order valence-corrected chi connectivity index (χ4v) is 4.63. The van der Waals surface area contributed by atoms with Crippen molar-refractivity contribution in [2.45, 2.75) is 19.3 Å². The van der Waals surface area contributed by atoms with Gasteiger partial charge in [0.2, 0.25) is 11.8 Å². The lowest BCUT2D eigenvalue weighted by atomic mass is 9.87. The van der Waals surface area contributed by atoms with E-state index in [0.29, 0.717) is 21.9 Å². The number of carbonyl (C=O) groups is 3. The van der Waals surface area contributed by atoms with Crippen molar-refractivity contribution in [3.63, 3.8) is 0 Å². The van der Waals surface area contributed by atoms with Crippen molar-refractivity contribution in [1.82, 2.24) is 5.32 Å². The molecule has 0 saturated heterocycles. The van der Waals surface area contributed by atoms with E-state index in [1.165, 1.54) is 7.11 Å². The Labute approximate surface area is 198 Å². The quantitative estimate of drug-likeness (QED) is 0.558. The van der Waals surface area contributed by atoms with Crippen molar-refractivity contribution in [3.8, 4) is 6.07 Å². The first kappa shape index (κ1) is 23.6. The number of hydrogen-bond donors (Lipinski definition) is 2. The highest BCUT2D eigenvalue weighted by atomic mass is 79.9. The van der Waals surface area contributed by atoms with Crippen LogP contribution >= 0.6 is 27.7 Å². The molecule has 32 heavy (non-hydrogen) atoms. The number of amides is 2. The van der Waals surface area contributed by atoms with Gasteiger partial charge in [-0.25, -0.2) is 4.79 Å². The summed E-state index contributed by atoms with van der Waals surface area (Å²) in [5, 5.41) is 15.7. The van der Waals surface area contributed by atoms with Gasteiger partial charge in [-0.15, -0.1) is 0 Å². The summed E-state index contributed by atoms with van der Waals surface area (Å²) in [6.07, 6.45) is 0.106. The summed E-state index contributed by atoms with van der Waals surface area (Å²) in [6.45, 7) is 1.89. The highest BCUT2D eigenvalue weighted by Crippen LogP contribution is 2.36. The fraction of sp³-hybridized carbons (Fsp3) is 0.217. The number of thioether (sulfide) groups is 1. The van der Waals surface area contributed by atoms with Gasteiger partial charge in [0.25, 0.3) is 0 Å². The van der Waals surface area contributed by atoms with Crippen LogP contribution in [0.3, 0.4) is 0 Å². The number of halogens is 1. The molecule has 1 aliphatic rings. The molecule has 1 atom stereocenters. The number of nitrogens with zero attached hydrogens (tertiary/aromatic N) is 1. The van der Waals surface area contributed by atoms with E-state index in [0.717, 1.165) is 27.4 Å². The number of nitriles is 1. The summed E-state index contributed by atoms with van der Waals surface area (Å²) in [6, 6.07) is 14.3. The van der Waals surface area contributed by atoms with E-state index < -0.39 is 11.9 Å². The maximum absolute atomic E-state index is 12.4. The predicted molar refractivity (Wildman–Crippen MR) is 126 cm³/mol. The molecule has 9 heteroatoms. The largest absolute Gasteiger partial charge is 0.465 e. The number of benzene rings is 2. The van der Waals surface area contributed by atoms with Crippen LogP contribution < -0.4 is 10.6 Å². The Morgan fingerprint density at radius 3 is 2.62 bits per heavy atom. The topological polar surface area (TPSA) is 108 Å². The van der Waals surface area contributed by atoms with Crippen molar-refractivity contribution < 1.29 is 19.1 Å². The molecule has 0 saturated carbocycles. The second-order valence-electron chi connectivity index (χ2n) is 7.07. The molecule has 164 valence electrons. The highest BCUT2D eigenvalue weighted by molar-refractivity contribution is 9.10. The number of nitrogens with one attached hydrogen (secondary N) is 2. The maximum Gasteiger partial charge on any atom is 0.337 e. The first-order valence-electron chi connectivity index (χ1n) is 9.63. The zero-order valence-electron chi connectivity index (χ0n) is 17.4. The second-order valence-corrected chi connectivity index (χ2v) is 8.97. The van der Waals surface area contributed by atoms with E-state index in [-0.39, 0.29) is 24.0 Å². The van der Waals surface area contributed by atoms with Crippen molar-refractivity contribution in [2.75, 3.05) is 18.2 Å². The Hall–Kier alpha value is -3.09. The van der Waals surface area contributed by atoms with Gasteiger partial charge in [0.05, 0.1) is 35.1 Å². The molecule has 0 unspecified atom stereocenters. The van der Waals surface area contributed by atoms with Crippen molar-refractivity contribution >= 4 is 51.2 Å². The van der Waals surface area contributed by atoms with E-state index >= 15 is 0 Å². The van der Waals surface area contributed by atoms with Crippen LogP contribution in [0.4, 0.5) is 5.69 Å². The molecule has 0 bridgehead atoms. The molecule has 3 rings (SSSR count). The number of allylic oxidation sites excluding steroid dienone is 1. The molecule has 2 amide bonds. The Kier molecular flexibility index (Phi) is 7.72. The number of rotatable bonds is 6. The SMILES string of the molecule is COC(=O)c1ccc([C@@H]2CC(=O)NC(SCC(=O)Nc3ccc(Br)cc3C)=C2C#N)cc1. The zero-order valence-corrected chi connectivity index (χ0v) is 19.8. The second kappa shape index (κ2) is 10.5. The van der Waals surface area contributed by atoms with Crippen LogP contribution in [0, 0.1) is 18.3 Å². The Morgan fingerprint density at radius 1 is 1.28 bits per heavy atom. The van der Waals surface area contributed by atoms with Gasteiger partial charge in [-0.2, -0.15) is 5.26 Å². The van der Waals surface area contributed by atoms with Gasteiger partial charge in [0.15, 0.2) is 0 Å². The Bertz CT molecular complexity index is 1140. The van der Waals surface area contributed by atoms with Crippen LogP contribution in [0.25, 0.3) is 0 Å². The first-order valence-corrected chi connectivity index (χ1v) is 11.4. The summed E-state index contributed by atoms with van der Waals surface area (Å²) in [5.74, 6) is -1.37. The van der Waals surface area contributed by atoms with Gasteiger partial charge in [-0.3, -0.25) is 9.59 Å². The molecular formula is C23H20BrN3O4S. The molecule has 2 aromatic rings. The van der Waals surface area contributed by atoms with Gasteiger partial charge in [0, 0.05) is 22.5 Å². The molecule has 0 aromatic heterocycles. The summed E-state index contributed by atoms with van der Waals surface area (Å²) in [5.41, 5.74) is 3.11. The first-order chi connectivity index (χ1) is 15.3. The average molecular weight is 514 g/mol. The van der Waals surface area contributed by atoms with Crippen LogP contribution in [0.5, 0.6) is 0 Å². The molecule has 1 aliphatic heterocycles. The van der Waals surface area contributed by atoms with Gasteiger partial charge in [0.1, 0.15) is 0 Å². The average Bonchev–Trinajstić information content (AvgIpc) is 2.78. The van der Waals surface area contributed by atoms with E-state index in [1.807, 2.05) is 19.1 Å². The molecular weight excluding hydrogens is 494 g/mol. The smallest absolute Gasteiger partial charge is 0.337 e. The number of hydrogen-bond acceptors (Lipinski definition) is 6. The summed E-state index contributed by atoms with van der Waals surface area (Å²) in [4.78, 5) is 36.4. The maximum atomic E-state index is 12.4. The molecule has 0 aliphatic carbocycles. The lowest BCUT2D eigenvalue weighted by Gasteiger charge is -2.25. The number of esters is 1. The molecule has 2 aromatic carbocycles. The van der Waals surface area contributed by atoms with E-state index in [2.05, 4.69) is 32.6 Å². The third-order valence-electron chi connectivity index (χ3n) is 4.90. The summed E-state index contributed by atoms with van der Waals surface area (Å²) < 4.78 is 5.62. The minimum Gasteiger partial charge on any atom is -0.465 e. The standard InChI is InChI=1S/C23H20BrN3O4S/c1-13-9-16(24)7-8-19(13)26-21(29)12-32-22-18(11-25)17(10-20(28)27-22)14-3-5-15(6-4-14)23(30)31-2/h3-9,17H,10,12H2,1-2H3,(H,26,29)(H,27,28)/t17-/m0/s1. The normalized spacial score (nSPS) is 15.6. The predicted octanol–water partition coefficient (Wildman–Crippen LogP) is 4.25.